The molecule has 0 aliphatic carbocycles. The van der Waals surface area contributed by atoms with Crippen LogP contribution in [0.4, 0.5) is 0 Å². The van der Waals surface area contributed by atoms with Crippen LogP contribution in [0.15, 0.2) is 18.2 Å². The second-order valence-corrected chi connectivity index (χ2v) is 3.48. The molecule has 0 saturated heterocycles. The van der Waals surface area contributed by atoms with E-state index in [-0.39, 0.29) is 6.04 Å². The summed E-state index contributed by atoms with van der Waals surface area (Å²) < 4.78 is 0. The lowest BCUT2D eigenvalue weighted by Crippen LogP contribution is -2.20. The van der Waals surface area contributed by atoms with E-state index in [2.05, 4.69) is 24.4 Å². The highest BCUT2D eigenvalue weighted by Crippen LogP contribution is 2.18. The molecular formula is C12H16N2. The Morgan fingerprint density at radius 1 is 1.43 bits per heavy atom. The second kappa shape index (κ2) is 4.78. The Morgan fingerprint density at radius 2 is 2.14 bits per heavy atom. The van der Waals surface area contributed by atoms with Gasteiger partial charge in [0.2, 0.25) is 0 Å². The number of hydrogen-bond donors (Lipinski definition) is 1. The van der Waals surface area contributed by atoms with E-state index in [4.69, 9.17) is 5.26 Å². The van der Waals surface area contributed by atoms with Crippen molar-refractivity contribution in [3.63, 3.8) is 0 Å². The van der Waals surface area contributed by atoms with E-state index in [1.807, 2.05) is 26.0 Å². The molecule has 1 atom stereocenters. The number of nitrogens with one attached hydrogen (secondary N) is 1. The lowest BCUT2D eigenvalue weighted by molar-refractivity contribution is 0.655. The van der Waals surface area contributed by atoms with Gasteiger partial charge in [0.25, 0.3) is 0 Å². The number of aryl methyl sites for hydroxylation is 2. The van der Waals surface area contributed by atoms with Crippen LogP contribution in [-0.4, -0.2) is 6.54 Å². The zero-order valence-corrected chi connectivity index (χ0v) is 8.96. The van der Waals surface area contributed by atoms with E-state index in [0.717, 1.165) is 12.1 Å². The highest BCUT2D eigenvalue weighted by molar-refractivity contribution is 5.35. The van der Waals surface area contributed by atoms with Gasteiger partial charge in [-0.15, -0.1) is 0 Å². The molecule has 14 heavy (non-hydrogen) atoms. The van der Waals surface area contributed by atoms with Crippen LogP contribution in [0, 0.1) is 25.2 Å². The summed E-state index contributed by atoms with van der Waals surface area (Å²) >= 11 is 0. The summed E-state index contributed by atoms with van der Waals surface area (Å²) in [5.41, 5.74) is 3.50. The average Bonchev–Trinajstić information content (AvgIpc) is 2.15. The third-order valence-corrected chi connectivity index (χ3v) is 2.27. The van der Waals surface area contributed by atoms with Crippen molar-refractivity contribution in [3.05, 3.63) is 34.9 Å². The zero-order chi connectivity index (χ0) is 10.6. The van der Waals surface area contributed by atoms with E-state index < -0.39 is 0 Å². The summed E-state index contributed by atoms with van der Waals surface area (Å²) in [4.78, 5) is 0. The van der Waals surface area contributed by atoms with Crippen LogP contribution in [0.1, 0.15) is 29.7 Å². The van der Waals surface area contributed by atoms with Crippen LogP contribution in [0.2, 0.25) is 0 Å². The zero-order valence-electron chi connectivity index (χ0n) is 8.96. The fourth-order valence-electron chi connectivity index (χ4n) is 1.58. The van der Waals surface area contributed by atoms with E-state index >= 15 is 0 Å². The maximum Gasteiger partial charge on any atom is 0.121 e. The van der Waals surface area contributed by atoms with E-state index in [0.29, 0.717) is 0 Å². The van der Waals surface area contributed by atoms with E-state index in [1.165, 1.54) is 11.1 Å². The Labute approximate surface area is 85.6 Å². The van der Waals surface area contributed by atoms with Crippen molar-refractivity contribution in [1.29, 1.82) is 5.26 Å². The van der Waals surface area contributed by atoms with Gasteiger partial charge in [-0.25, -0.2) is 0 Å². The highest BCUT2D eigenvalue weighted by atomic mass is 14.9. The molecule has 0 aromatic heterocycles. The Bertz CT molecular complexity index is 350. The fraction of sp³-hybridized carbons (Fsp3) is 0.417. The average molecular weight is 188 g/mol. The van der Waals surface area contributed by atoms with Crippen LogP contribution in [0.3, 0.4) is 0 Å². The van der Waals surface area contributed by atoms with Crippen LogP contribution in [0.25, 0.3) is 0 Å². The first-order chi connectivity index (χ1) is 6.69. The topological polar surface area (TPSA) is 35.8 Å². The van der Waals surface area contributed by atoms with Crippen molar-refractivity contribution < 1.29 is 0 Å². The Balaban J connectivity index is 3.00. The molecule has 0 aliphatic heterocycles. The molecule has 0 amide bonds. The van der Waals surface area contributed by atoms with Crippen LogP contribution < -0.4 is 5.32 Å². The Hall–Kier alpha value is -1.33. The standard InChI is InChI=1S/C12H16N2/c1-4-14-12(8-13)11-6-5-9(2)7-10(11)3/h5-7,12,14H,4H2,1-3H3. The third kappa shape index (κ3) is 2.34. The van der Waals surface area contributed by atoms with Crippen LogP contribution in [-0.2, 0) is 0 Å². The van der Waals surface area contributed by atoms with Gasteiger partial charge in [0.15, 0.2) is 0 Å². The lowest BCUT2D eigenvalue weighted by Gasteiger charge is -2.13. The van der Waals surface area contributed by atoms with Crippen LogP contribution in [0.5, 0.6) is 0 Å². The normalized spacial score (nSPS) is 12.1. The molecule has 1 aromatic carbocycles. The number of benzene rings is 1. The minimum atomic E-state index is -0.180. The molecule has 0 bridgehead atoms. The molecule has 1 unspecified atom stereocenters. The van der Waals surface area contributed by atoms with Gasteiger partial charge in [-0.1, -0.05) is 30.7 Å². The molecule has 2 heteroatoms. The van der Waals surface area contributed by atoms with Crippen molar-refractivity contribution in [2.24, 2.45) is 0 Å². The molecule has 0 heterocycles. The highest BCUT2D eigenvalue weighted by Gasteiger charge is 2.10. The first kappa shape index (κ1) is 10.7. The van der Waals surface area contributed by atoms with Gasteiger partial charge in [0.1, 0.15) is 6.04 Å². The maximum absolute atomic E-state index is 8.99. The second-order valence-electron chi connectivity index (χ2n) is 3.48. The van der Waals surface area contributed by atoms with Crippen molar-refractivity contribution in [1.82, 2.24) is 5.32 Å². The molecule has 0 fully saturated rings. The molecule has 74 valence electrons. The van der Waals surface area contributed by atoms with Crippen molar-refractivity contribution in [2.45, 2.75) is 26.8 Å². The molecule has 1 rings (SSSR count). The van der Waals surface area contributed by atoms with Crippen molar-refractivity contribution >= 4 is 0 Å². The maximum atomic E-state index is 8.99. The summed E-state index contributed by atoms with van der Waals surface area (Å²) in [6, 6.07) is 8.27. The smallest absolute Gasteiger partial charge is 0.121 e. The van der Waals surface area contributed by atoms with Gasteiger partial charge < -0.3 is 0 Å². The predicted octanol–water partition coefficient (Wildman–Crippen LogP) is 2.48. The molecule has 0 aliphatic rings. The number of rotatable bonds is 3. The summed E-state index contributed by atoms with van der Waals surface area (Å²) in [5, 5.41) is 12.1. The number of nitriles is 1. The minimum absolute atomic E-state index is 0.180. The van der Waals surface area contributed by atoms with E-state index in [9.17, 15) is 0 Å². The monoisotopic (exact) mass is 188 g/mol. The minimum Gasteiger partial charge on any atom is -0.298 e. The first-order valence-electron chi connectivity index (χ1n) is 4.89. The SMILES string of the molecule is CCNC(C#N)c1ccc(C)cc1C. The molecule has 1 aromatic rings. The van der Waals surface area contributed by atoms with Crippen molar-refractivity contribution in [3.8, 4) is 6.07 Å². The van der Waals surface area contributed by atoms with Gasteiger partial charge >= 0.3 is 0 Å². The molecule has 1 N–H and O–H groups in total. The largest absolute Gasteiger partial charge is 0.298 e. The summed E-state index contributed by atoms with van der Waals surface area (Å²) in [5.74, 6) is 0. The molecular weight excluding hydrogens is 172 g/mol. The Kier molecular flexibility index (Phi) is 3.67. The van der Waals surface area contributed by atoms with Crippen LogP contribution >= 0.6 is 0 Å². The molecule has 0 spiro atoms. The van der Waals surface area contributed by atoms with Crippen molar-refractivity contribution in [2.75, 3.05) is 6.54 Å². The number of hydrogen-bond acceptors (Lipinski definition) is 2. The summed E-state index contributed by atoms with van der Waals surface area (Å²) in [6.45, 7) is 6.93. The Morgan fingerprint density at radius 3 is 2.64 bits per heavy atom. The molecule has 0 saturated carbocycles. The van der Waals surface area contributed by atoms with Gasteiger partial charge in [-0.2, -0.15) is 5.26 Å². The molecule has 0 radical (unpaired) electrons. The van der Waals surface area contributed by atoms with E-state index in [1.54, 1.807) is 0 Å². The van der Waals surface area contributed by atoms with Gasteiger partial charge in [-0.05, 0) is 31.5 Å². The quantitative estimate of drug-likeness (QED) is 0.791. The van der Waals surface area contributed by atoms with Gasteiger partial charge in [0, 0.05) is 0 Å². The first-order valence-corrected chi connectivity index (χ1v) is 4.89. The fourth-order valence-corrected chi connectivity index (χ4v) is 1.58. The van der Waals surface area contributed by atoms with Gasteiger partial charge in [0.05, 0.1) is 6.07 Å². The summed E-state index contributed by atoms with van der Waals surface area (Å²) in [7, 11) is 0. The third-order valence-electron chi connectivity index (χ3n) is 2.27. The molecule has 2 nitrogen and oxygen atoms in total. The number of nitrogens with zero attached hydrogens (tertiary/aromatic N) is 1. The van der Waals surface area contributed by atoms with Gasteiger partial charge in [-0.3, -0.25) is 5.32 Å². The summed E-state index contributed by atoms with van der Waals surface area (Å²) in [6.07, 6.45) is 0. The predicted molar refractivity (Wildman–Crippen MR) is 57.9 cm³/mol. The lowest BCUT2D eigenvalue weighted by atomic mass is 10.00.